The summed E-state index contributed by atoms with van der Waals surface area (Å²) in [6.45, 7) is 2.26. The van der Waals surface area contributed by atoms with Crippen molar-refractivity contribution in [3.8, 4) is 0 Å². The van der Waals surface area contributed by atoms with Gasteiger partial charge in [-0.15, -0.1) is 0 Å². The molecule has 0 saturated heterocycles. The van der Waals surface area contributed by atoms with Crippen LogP contribution < -0.4 is 5.32 Å². The molecule has 0 aromatic rings. The summed E-state index contributed by atoms with van der Waals surface area (Å²) in [5.74, 6) is 3.67. The average molecular weight is 187 g/mol. The zero-order valence-electron chi connectivity index (χ0n) is 8.31. The minimum atomic E-state index is 0.798. The molecule has 0 aromatic carbocycles. The molecule has 0 heterocycles. The third-order valence-electron chi connectivity index (χ3n) is 2.50. The average Bonchev–Trinajstić information content (AvgIpc) is 2.88. The van der Waals surface area contributed by atoms with Gasteiger partial charge in [0.2, 0.25) is 0 Å². The van der Waals surface area contributed by atoms with Crippen LogP contribution in [0, 0.1) is 5.92 Å². The van der Waals surface area contributed by atoms with Crippen molar-refractivity contribution in [1.82, 2.24) is 5.32 Å². The summed E-state index contributed by atoms with van der Waals surface area (Å²) < 4.78 is 0. The summed E-state index contributed by atoms with van der Waals surface area (Å²) in [7, 11) is 2.10. The van der Waals surface area contributed by atoms with E-state index in [9.17, 15) is 0 Å². The molecule has 1 aliphatic carbocycles. The number of rotatable bonds is 7. The molecule has 72 valence electrons. The first-order chi connectivity index (χ1) is 5.88. The van der Waals surface area contributed by atoms with Gasteiger partial charge in [0.15, 0.2) is 0 Å². The Morgan fingerprint density at radius 1 is 1.50 bits per heavy atom. The van der Waals surface area contributed by atoms with Gasteiger partial charge in [-0.3, -0.25) is 0 Å². The molecule has 1 N–H and O–H groups in total. The van der Waals surface area contributed by atoms with E-state index in [0.717, 1.165) is 12.0 Å². The molecule has 12 heavy (non-hydrogen) atoms. The quantitative estimate of drug-likeness (QED) is 0.615. The summed E-state index contributed by atoms with van der Waals surface area (Å²) in [4.78, 5) is 0. The van der Waals surface area contributed by atoms with Gasteiger partial charge in [0.05, 0.1) is 0 Å². The van der Waals surface area contributed by atoms with E-state index in [1.165, 1.54) is 37.2 Å². The number of nitrogens with one attached hydrogen (secondary N) is 1. The lowest BCUT2D eigenvalue weighted by Crippen LogP contribution is -2.29. The molecule has 1 nitrogen and oxygen atoms in total. The number of thioether (sulfide) groups is 1. The van der Waals surface area contributed by atoms with Crippen molar-refractivity contribution in [3.63, 3.8) is 0 Å². The van der Waals surface area contributed by atoms with Gasteiger partial charge in [0.1, 0.15) is 0 Å². The van der Waals surface area contributed by atoms with Crippen LogP contribution in [0.3, 0.4) is 0 Å². The predicted molar refractivity (Wildman–Crippen MR) is 57.8 cm³/mol. The zero-order chi connectivity index (χ0) is 8.81. The van der Waals surface area contributed by atoms with E-state index in [0.29, 0.717) is 0 Å². The number of unbranched alkanes of at least 4 members (excludes halogenated alkanes) is 1. The lowest BCUT2D eigenvalue weighted by atomic mass is 10.2. The molecular formula is C10H21NS. The second kappa shape index (κ2) is 5.87. The Hall–Kier alpha value is 0.310. The van der Waals surface area contributed by atoms with Crippen LogP contribution >= 0.6 is 11.8 Å². The molecule has 0 amide bonds. The van der Waals surface area contributed by atoms with Gasteiger partial charge in [-0.25, -0.2) is 0 Å². The second-order valence-corrected chi connectivity index (χ2v) is 4.81. The molecule has 1 aliphatic rings. The molecule has 1 saturated carbocycles. The minimum absolute atomic E-state index is 0.798. The van der Waals surface area contributed by atoms with E-state index < -0.39 is 0 Å². The Morgan fingerprint density at radius 3 is 2.75 bits per heavy atom. The van der Waals surface area contributed by atoms with Gasteiger partial charge in [0, 0.05) is 11.8 Å². The van der Waals surface area contributed by atoms with Crippen molar-refractivity contribution < 1.29 is 0 Å². The van der Waals surface area contributed by atoms with Gasteiger partial charge >= 0.3 is 0 Å². The highest BCUT2D eigenvalue weighted by Gasteiger charge is 2.29. The molecule has 0 radical (unpaired) electrons. The van der Waals surface area contributed by atoms with Crippen LogP contribution in [0.2, 0.25) is 0 Å². The molecule has 0 unspecified atom stereocenters. The summed E-state index contributed by atoms with van der Waals surface area (Å²) in [6.07, 6.45) is 5.63. The molecule has 1 atom stereocenters. The molecule has 0 aliphatic heterocycles. The van der Waals surface area contributed by atoms with Crippen molar-refractivity contribution >= 4 is 11.8 Å². The lowest BCUT2D eigenvalue weighted by molar-refractivity contribution is 0.553. The van der Waals surface area contributed by atoms with Gasteiger partial charge < -0.3 is 5.32 Å². The van der Waals surface area contributed by atoms with Crippen LogP contribution in [-0.2, 0) is 0 Å². The Kier molecular flexibility index (Phi) is 5.08. The molecular weight excluding hydrogens is 166 g/mol. The SMILES string of the molecule is CCCCSC[C@H](NC)C1CC1. The molecule has 0 bridgehead atoms. The van der Waals surface area contributed by atoms with Crippen LogP contribution in [0.15, 0.2) is 0 Å². The van der Waals surface area contributed by atoms with Crippen LogP contribution in [-0.4, -0.2) is 24.6 Å². The first kappa shape index (κ1) is 10.4. The predicted octanol–water partition coefficient (Wildman–Crippen LogP) is 2.52. The molecule has 0 aromatic heterocycles. The Morgan fingerprint density at radius 2 is 2.25 bits per heavy atom. The maximum atomic E-state index is 3.42. The summed E-state index contributed by atoms with van der Waals surface area (Å²) >= 11 is 2.12. The number of hydrogen-bond acceptors (Lipinski definition) is 2. The van der Waals surface area contributed by atoms with E-state index in [2.05, 4.69) is 31.1 Å². The Labute approximate surface area is 80.7 Å². The smallest absolute Gasteiger partial charge is 0.0183 e. The fourth-order valence-corrected chi connectivity index (χ4v) is 2.76. The van der Waals surface area contributed by atoms with Crippen LogP contribution in [0.4, 0.5) is 0 Å². The monoisotopic (exact) mass is 187 g/mol. The molecule has 2 heteroatoms. The van der Waals surface area contributed by atoms with Gasteiger partial charge in [-0.1, -0.05) is 13.3 Å². The minimum Gasteiger partial charge on any atom is -0.316 e. The summed E-state index contributed by atoms with van der Waals surface area (Å²) in [5, 5.41) is 3.42. The highest BCUT2D eigenvalue weighted by Crippen LogP contribution is 2.33. The zero-order valence-corrected chi connectivity index (χ0v) is 9.12. The normalized spacial score (nSPS) is 19.5. The Bertz CT molecular complexity index is 112. The third kappa shape index (κ3) is 3.81. The first-order valence-electron chi connectivity index (χ1n) is 5.13. The van der Waals surface area contributed by atoms with Crippen LogP contribution in [0.1, 0.15) is 32.6 Å². The van der Waals surface area contributed by atoms with E-state index in [1.54, 1.807) is 0 Å². The maximum Gasteiger partial charge on any atom is 0.0183 e. The highest BCUT2D eigenvalue weighted by molar-refractivity contribution is 7.99. The second-order valence-electron chi connectivity index (χ2n) is 3.66. The van der Waals surface area contributed by atoms with Gasteiger partial charge in [0.25, 0.3) is 0 Å². The summed E-state index contributed by atoms with van der Waals surface area (Å²) in [6, 6.07) is 0.798. The van der Waals surface area contributed by atoms with Crippen LogP contribution in [0.25, 0.3) is 0 Å². The van der Waals surface area contributed by atoms with Gasteiger partial charge in [-0.2, -0.15) is 11.8 Å². The topological polar surface area (TPSA) is 12.0 Å². The van der Waals surface area contributed by atoms with E-state index in [1.807, 2.05) is 0 Å². The lowest BCUT2D eigenvalue weighted by Gasteiger charge is -2.14. The van der Waals surface area contributed by atoms with Crippen molar-refractivity contribution in [2.75, 3.05) is 18.6 Å². The van der Waals surface area contributed by atoms with Crippen molar-refractivity contribution in [1.29, 1.82) is 0 Å². The molecule has 1 rings (SSSR count). The molecule has 0 spiro atoms. The number of hydrogen-bond donors (Lipinski definition) is 1. The van der Waals surface area contributed by atoms with E-state index >= 15 is 0 Å². The molecule has 1 fully saturated rings. The van der Waals surface area contributed by atoms with Crippen molar-refractivity contribution in [3.05, 3.63) is 0 Å². The van der Waals surface area contributed by atoms with E-state index in [-0.39, 0.29) is 0 Å². The van der Waals surface area contributed by atoms with Gasteiger partial charge in [-0.05, 0) is 38.0 Å². The maximum absolute atomic E-state index is 3.42. The standard InChI is InChI=1S/C10H21NS/c1-3-4-7-12-8-10(11-2)9-5-6-9/h9-11H,3-8H2,1-2H3/t10-/m0/s1. The van der Waals surface area contributed by atoms with Crippen LogP contribution in [0.5, 0.6) is 0 Å². The third-order valence-corrected chi connectivity index (χ3v) is 3.67. The Balaban J connectivity index is 1.95. The highest BCUT2D eigenvalue weighted by atomic mass is 32.2. The van der Waals surface area contributed by atoms with Crippen molar-refractivity contribution in [2.24, 2.45) is 5.92 Å². The largest absolute Gasteiger partial charge is 0.316 e. The first-order valence-corrected chi connectivity index (χ1v) is 6.29. The summed E-state index contributed by atoms with van der Waals surface area (Å²) in [5.41, 5.74) is 0. The van der Waals surface area contributed by atoms with Crippen molar-refractivity contribution in [2.45, 2.75) is 38.6 Å². The fraction of sp³-hybridized carbons (Fsp3) is 1.00. The van der Waals surface area contributed by atoms with E-state index in [4.69, 9.17) is 0 Å². The fourth-order valence-electron chi connectivity index (χ4n) is 1.41.